The van der Waals surface area contributed by atoms with E-state index in [0.29, 0.717) is 24.0 Å². The summed E-state index contributed by atoms with van der Waals surface area (Å²) in [5, 5.41) is 1.96. The van der Waals surface area contributed by atoms with Crippen LogP contribution in [0.3, 0.4) is 0 Å². The van der Waals surface area contributed by atoms with Gasteiger partial charge in [-0.1, -0.05) is 45.0 Å². The number of piperidine rings is 1. The number of rotatable bonds is 5. The molecule has 2 fully saturated rings. The first-order valence-electron chi connectivity index (χ1n) is 27.2. The number of aryl methyl sites for hydroxylation is 9. The molecule has 420 valence electrons. The molecule has 5 aromatic carbocycles. The van der Waals surface area contributed by atoms with Crippen LogP contribution in [0.15, 0.2) is 134 Å². The number of morpholine rings is 1. The Balaban J connectivity index is 0.000000170. The number of ether oxygens (including phenoxy) is 1. The topological polar surface area (TPSA) is 73.1 Å². The minimum atomic E-state index is -0.519. The second-order valence-corrected chi connectivity index (χ2v) is 19.7. The van der Waals surface area contributed by atoms with Crippen molar-refractivity contribution in [3.63, 3.8) is 0 Å². The van der Waals surface area contributed by atoms with Crippen molar-refractivity contribution in [2.45, 2.75) is 108 Å². The maximum atomic E-state index is 12.8. The van der Waals surface area contributed by atoms with Gasteiger partial charge in [0.25, 0.3) is 0 Å². The number of aromatic nitrogens is 4. The molecule has 0 unspecified atom stereocenters. The molecule has 79 heavy (non-hydrogen) atoms. The van der Waals surface area contributed by atoms with E-state index in [1.54, 1.807) is 24.3 Å². The van der Waals surface area contributed by atoms with Crippen LogP contribution in [0, 0.1) is 83.4 Å². The number of benzene rings is 5. The molecule has 2 saturated heterocycles. The zero-order valence-electron chi connectivity index (χ0n) is 47.7. The van der Waals surface area contributed by atoms with Gasteiger partial charge in [-0.25, -0.2) is 36.3 Å². The summed E-state index contributed by atoms with van der Waals surface area (Å²) in [6.45, 7) is 26.3. The molecular formula is C66H78F6N6O. The molecule has 6 heterocycles. The SMILES string of the molecule is CCc1c[nH]c2ccc(F)cc12.CCc1cc(F)cc(F)c1.CCc1ccc(F)cc1F.Cc1c[nH]c2ccc(F)cc12.Cc1cc(C)nc(N2CCOCC2)c1.Cc1cccc(C)c1C.Cc1ccnc(N2CCCCC2)c1. The van der Waals surface area contributed by atoms with Gasteiger partial charge in [0.15, 0.2) is 0 Å². The van der Waals surface area contributed by atoms with Crippen LogP contribution in [-0.2, 0) is 24.0 Å². The first-order valence-corrected chi connectivity index (χ1v) is 27.2. The Bertz CT molecular complexity index is 3230. The Labute approximate surface area is 464 Å². The van der Waals surface area contributed by atoms with E-state index in [-0.39, 0.29) is 11.6 Å². The van der Waals surface area contributed by atoms with Crippen LogP contribution in [0.5, 0.6) is 0 Å². The van der Waals surface area contributed by atoms with Gasteiger partial charge >= 0.3 is 0 Å². The minimum Gasteiger partial charge on any atom is -0.378 e. The molecule has 0 saturated carbocycles. The zero-order chi connectivity index (χ0) is 57.4. The van der Waals surface area contributed by atoms with Crippen molar-refractivity contribution in [3.8, 4) is 0 Å². The number of fused-ring (bicyclic) bond motifs is 2. The van der Waals surface area contributed by atoms with Gasteiger partial charge < -0.3 is 24.5 Å². The Morgan fingerprint density at radius 2 is 1.04 bits per heavy atom. The normalized spacial score (nSPS) is 12.7. The smallest absolute Gasteiger partial charge is 0.129 e. The lowest BCUT2D eigenvalue weighted by Gasteiger charge is -2.28. The van der Waals surface area contributed by atoms with Gasteiger partial charge in [-0.3, -0.25) is 0 Å². The molecule has 0 aliphatic carbocycles. The number of aromatic amines is 2. The maximum absolute atomic E-state index is 12.8. The Morgan fingerprint density at radius 1 is 0.481 bits per heavy atom. The second kappa shape index (κ2) is 31.9. The zero-order valence-corrected chi connectivity index (χ0v) is 47.7. The Kier molecular flexibility index (Phi) is 25.2. The standard InChI is InChI=1S/C11H16N2O.C11H16N2.C10H10FN.C9H8FN.C9H12.2C8H8F2/c1-9-7-10(2)12-11(8-9)13-3-5-14-6-4-13;1-10-5-6-12-11(9-10)13-7-3-2-4-8-13;1-2-7-6-12-10-4-3-8(11)5-9(7)10;1-6-5-11-9-3-2-7(10)4-8(6)9;1-7-5-4-6-8(2)9(7)3;1-2-6-3-7(9)5-8(10)4-6;1-2-6-3-4-7(9)5-8(6)10/h7-8H,3-6H2,1-2H3;5-6,9H,2-4,7-8H2,1H3;3-6,12H,2H2,1H3;2-5,11H,1H3;4-6H,1-3H3;2*3-5H,2H2,1H3. The van der Waals surface area contributed by atoms with Crippen LogP contribution in [0.2, 0.25) is 0 Å². The minimum absolute atomic E-state index is 0.170. The fraction of sp³-hybridized carbons (Fsp3) is 0.333. The van der Waals surface area contributed by atoms with Crippen LogP contribution in [0.1, 0.15) is 95.8 Å². The third kappa shape index (κ3) is 20.4. The predicted octanol–water partition coefficient (Wildman–Crippen LogP) is 17.1. The molecule has 0 amide bonds. The van der Waals surface area contributed by atoms with Crippen LogP contribution in [0.4, 0.5) is 38.0 Å². The number of hydrogen-bond acceptors (Lipinski definition) is 5. The molecular weight excluding hydrogens is 1010 g/mol. The summed E-state index contributed by atoms with van der Waals surface area (Å²) in [6, 6.07) is 31.6. The molecule has 0 bridgehead atoms. The second-order valence-electron chi connectivity index (χ2n) is 19.7. The molecule has 0 radical (unpaired) electrons. The van der Waals surface area contributed by atoms with Crippen LogP contribution >= 0.6 is 0 Å². The summed E-state index contributed by atoms with van der Waals surface area (Å²) >= 11 is 0. The van der Waals surface area contributed by atoms with Crippen molar-refractivity contribution in [1.29, 1.82) is 0 Å². The van der Waals surface area contributed by atoms with Gasteiger partial charge in [-0.05, 0) is 216 Å². The highest BCUT2D eigenvalue weighted by atomic mass is 19.2. The summed E-state index contributed by atoms with van der Waals surface area (Å²) in [6.07, 6.45) is 11.9. The van der Waals surface area contributed by atoms with Crippen molar-refractivity contribution in [3.05, 3.63) is 225 Å². The highest BCUT2D eigenvalue weighted by Crippen LogP contribution is 2.22. The summed E-state index contributed by atoms with van der Waals surface area (Å²) in [5.74, 6) is -0.0894. The fourth-order valence-electron chi connectivity index (χ4n) is 8.79. The third-order valence-corrected chi connectivity index (χ3v) is 13.6. The van der Waals surface area contributed by atoms with E-state index in [4.69, 9.17) is 4.74 Å². The van der Waals surface area contributed by atoms with Crippen molar-refractivity contribution >= 4 is 33.4 Å². The lowest BCUT2D eigenvalue weighted by molar-refractivity contribution is 0.122. The number of nitrogens with one attached hydrogen (secondary N) is 2. The van der Waals surface area contributed by atoms with Gasteiger partial charge in [-0.2, -0.15) is 0 Å². The van der Waals surface area contributed by atoms with Crippen LogP contribution < -0.4 is 9.80 Å². The molecule has 4 aromatic heterocycles. The molecule has 9 aromatic rings. The van der Waals surface area contributed by atoms with E-state index in [1.165, 1.54) is 102 Å². The lowest BCUT2D eigenvalue weighted by Crippen LogP contribution is -2.36. The number of anilines is 2. The van der Waals surface area contributed by atoms with Gasteiger partial charge in [0, 0.05) is 84.4 Å². The molecule has 0 atom stereocenters. The summed E-state index contributed by atoms with van der Waals surface area (Å²) in [4.78, 5) is 19.7. The number of halogens is 6. The summed E-state index contributed by atoms with van der Waals surface area (Å²) in [5.41, 5.74) is 13.4. The number of nitrogens with zero attached hydrogens (tertiary/aromatic N) is 4. The number of hydrogen-bond donors (Lipinski definition) is 2. The van der Waals surface area contributed by atoms with Crippen LogP contribution in [0.25, 0.3) is 21.8 Å². The predicted molar refractivity (Wildman–Crippen MR) is 315 cm³/mol. The highest BCUT2D eigenvalue weighted by molar-refractivity contribution is 5.83. The molecule has 7 nitrogen and oxygen atoms in total. The Morgan fingerprint density at radius 3 is 1.61 bits per heavy atom. The first-order chi connectivity index (χ1) is 37.9. The van der Waals surface area contributed by atoms with E-state index >= 15 is 0 Å². The van der Waals surface area contributed by atoms with E-state index in [9.17, 15) is 26.3 Å². The Hall–Kier alpha value is -7.38. The van der Waals surface area contributed by atoms with E-state index < -0.39 is 23.3 Å². The van der Waals surface area contributed by atoms with Crippen molar-refractivity contribution in [2.24, 2.45) is 0 Å². The molecule has 11 rings (SSSR count). The molecule has 13 heteroatoms. The quantitative estimate of drug-likeness (QED) is 0.168. The number of pyridine rings is 2. The monoisotopic (exact) mass is 1080 g/mol. The summed E-state index contributed by atoms with van der Waals surface area (Å²) in [7, 11) is 0. The average molecular weight is 1090 g/mol. The highest BCUT2D eigenvalue weighted by Gasteiger charge is 2.13. The molecule has 2 aliphatic heterocycles. The summed E-state index contributed by atoms with van der Waals surface area (Å²) < 4.78 is 80.4. The van der Waals surface area contributed by atoms with E-state index in [0.717, 1.165) is 89.6 Å². The maximum Gasteiger partial charge on any atom is 0.129 e. The van der Waals surface area contributed by atoms with Crippen LogP contribution in [-0.4, -0.2) is 59.3 Å². The lowest BCUT2D eigenvalue weighted by atomic mass is 10.1. The third-order valence-electron chi connectivity index (χ3n) is 13.6. The average Bonchev–Trinajstić information content (AvgIpc) is 4.04. The fourth-order valence-corrected chi connectivity index (χ4v) is 8.79. The van der Waals surface area contributed by atoms with Crippen molar-refractivity contribution in [2.75, 3.05) is 49.2 Å². The van der Waals surface area contributed by atoms with E-state index in [2.05, 4.69) is 108 Å². The van der Waals surface area contributed by atoms with Gasteiger partial charge in [0.05, 0.1) is 13.2 Å². The van der Waals surface area contributed by atoms with Gasteiger partial charge in [-0.15, -0.1) is 0 Å². The van der Waals surface area contributed by atoms with E-state index in [1.807, 2.05) is 52.4 Å². The molecule has 2 N–H and O–H groups in total. The van der Waals surface area contributed by atoms with Gasteiger partial charge in [0.1, 0.15) is 46.5 Å². The largest absolute Gasteiger partial charge is 0.378 e. The number of H-pyrrole nitrogens is 2. The van der Waals surface area contributed by atoms with Crippen molar-refractivity contribution in [1.82, 2.24) is 19.9 Å². The molecule has 2 aliphatic rings. The molecule has 0 spiro atoms. The van der Waals surface area contributed by atoms with Gasteiger partial charge in [0.2, 0.25) is 0 Å². The van der Waals surface area contributed by atoms with Crippen molar-refractivity contribution < 1.29 is 31.1 Å². The first kappa shape index (κ1) is 62.5.